The smallest absolute Gasteiger partial charge is 0.372 e. The lowest BCUT2D eigenvalue weighted by molar-refractivity contribution is 0.0656. The van der Waals surface area contributed by atoms with Crippen molar-refractivity contribution in [3.8, 4) is 0 Å². The second-order valence-corrected chi connectivity index (χ2v) is 5.57. The molecule has 7 nitrogen and oxygen atoms in total. The van der Waals surface area contributed by atoms with E-state index in [0.717, 1.165) is 17.7 Å². The molecule has 24 heavy (non-hydrogen) atoms. The third-order valence-corrected chi connectivity index (χ3v) is 3.97. The van der Waals surface area contributed by atoms with Crippen molar-refractivity contribution in [2.24, 2.45) is 5.10 Å². The van der Waals surface area contributed by atoms with Crippen LogP contribution in [0.2, 0.25) is 0 Å². The highest BCUT2D eigenvalue weighted by Crippen LogP contribution is 2.30. The Morgan fingerprint density at radius 2 is 1.83 bits per heavy atom. The minimum Gasteiger partial charge on any atom is -0.478 e. The fraction of sp³-hybridized carbons (Fsp3) is 0.235. The van der Waals surface area contributed by atoms with Gasteiger partial charge in [0.2, 0.25) is 5.76 Å². The number of aromatic carboxylic acids is 2. The van der Waals surface area contributed by atoms with Crippen molar-refractivity contribution in [2.45, 2.75) is 26.2 Å². The number of nitrogens with zero attached hydrogens (tertiary/aromatic N) is 1. The minimum absolute atomic E-state index is 0.0413. The maximum atomic E-state index is 11.2. The van der Waals surface area contributed by atoms with E-state index in [2.05, 4.69) is 10.5 Å². The molecule has 0 bridgehead atoms. The number of anilines is 1. The van der Waals surface area contributed by atoms with Crippen LogP contribution in [0.25, 0.3) is 0 Å². The Kier molecular flexibility index (Phi) is 4.07. The molecule has 0 aliphatic heterocycles. The van der Waals surface area contributed by atoms with Gasteiger partial charge < -0.3 is 14.6 Å². The first-order chi connectivity index (χ1) is 11.5. The van der Waals surface area contributed by atoms with Crippen LogP contribution in [0.4, 0.5) is 5.69 Å². The predicted octanol–water partition coefficient (Wildman–Crippen LogP) is 3.14. The molecule has 1 aliphatic carbocycles. The number of hydrogen-bond acceptors (Lipinski definition) is 5. The number of carboxylic acids is 2. The van der Waals surface area contributed by atoms with E-state index in [0.29, 0.717) is 29.9 Å². The highest BCUT2D eigenvalue weighted by Gasteiger charge is 2.27. The standard InChI is InChI=1S/C17H16N2O5/c1-9-14-12(3-2-4-13(14)24-15(9)17(22)23)19-18-11-7-5-10(6-8-11)16(20)21/h5-8,18H,2-4H2,1H3,(H,20,21)(H,22,23)/b19-12-. The van der Waals surface area contributed by atoms with Gasteiger partial charge in [-0.15, -0.1) is 0 Å². The van der Waals surface area contributed by atoms with Crippen molar-refractivity contribution in [2.75, 3.05) is 5.43 Å². The molecular formula is C17H16N2O5. The van der Waals surface area contributed by atoms with Crippen LogP contribution < -0.4 is 5.43 Å². The molecule has 0 amide bonds. The highest BCUT2D eigenvalue weighted by atomic mass is 16.4. The monoisotopic (exact) mass is 328 g/mol. The Morgan fingerprint density at radius 1 is 1.12 bits per heavy atom. The number of aryl methyl sites for hydroxylation is 1. The van der Waals surface area contributed by atoms with Crippen LogP contribution in [-0.4, -0.2) is 27.9 Å². The molecule has 0 fully saturated rings. The number of furan rings is 1. The number of benzene rings is 1. The lowest BCUT2D eigenvalue weighted by Gasteiger charge is -2.13. The molecule has 1 heterocycles. The Morgan fingerprint density at radius 3 is 2.46 bits per heavy atom. The van der Waals surface area contributed by atoms with Crippen molar-refractivity contribution in [1.82, 2.24) is 0 Å². The molecule has 7 heteroatoms. The van der Waals surface area contributed by atoms with Crippen molar-refractivity contribution in [3.05, 3.63) is 52.5 Å². The van der Waals surface area contributed by atoms with Crippen molar-refractivity contribution < 1.29 is 24.2 Å². The summed E-state index contributed by atoms with van der Waals surface area (Å²) in [4.78, 5) is 22.1. The van der Waals surface area contributed by atoms with Gasteiger partial charge in [-0.2, -0.15) is 5.10 Å². The lowest BCUT2D eigenvalue weighted by atomic mass is 9.93. The zero-order valence-corrected chi connectivity index (χ0v) is 13.0. The zero-order valence-electron chi connectivity index (χ0n) is 13.0. The van der Waals surface area contributed by atoms with E-state index in [-0.39, 0.29) is 11.3 Å². The normalized spacial score (nSPS) is 15.1. The van der Waals surface area contributed by atoms with Gasteiger partial charge in [0.05, 0.1) is 17.0 Å². The third kappa shape index (κ3) is 2.88. The molecule has 0 spiro atoms. The van der Waals surface area contributed by atoms with Gasteiger partial charge in [-0.3, -0.25) is 5.43 Å². The predicted molar refractivity (Wildman–Crippen MR) is 86.9 cm³/mol. The van der Waals surface area contributed by atoms with Crippen LogP contribution in [0.3, 0.4) is 0 Å². The number of carbonyl (C=O) groups is 2. The van der Waals surface area contributed by atoms with Crippen LogP contribution in [0, 0.1) is 6.92 Å². The van der Waals surface area contributed by atoms with Crippen LogP contribution in [0.5, 0.6) is 0 Å². The number of fused-ring (bicyclic) bond motifs is 1. The maximum absolute atomic E-state index is 11.2. The molecule has 2 aromatic rings. The van der Waals surface area contributed by atoms with E-state index < -0.39 is 11.9 Å². The first-order valence-corrected chi connectivity index (χ1v) is 7.49. The number of rotatable bonds is 4. The Labute approximate surface area is 137 Å². The first kappa shape index (κ1) is 15.8. The van der Waals surface area contributed by atoms with E-state index in [1.54, 1.807) is 19.1 Å². The second kappa shape index (κ2) is 6.19. The zero-order chi connectivity index (χ0) is 17.3. The summed E-state index contributed by atoms with van der Waals surface area (Å²) in [7, 11) is 0. The van der Waals surface area contributed by atoms with Crippen LogP contribution >= 0.6 is 0 Å². The summed E-state index contributed by atoms with van der Waals surface area (Å²) >= 11 is 0. The SMILES string of the molecule is Cc1c(C(=O)O)oc2c1/C(=N\Nc1ccc(C(=O)O)cc1)CCC2. The van der Waals surface area contributed by atoms with Gasteiger partial charge in [-0.05, 0) is 44.0 Å². The van der Waals surface area contributed by atoms with Gasteiger partial charge in [-0.25, -0.2) is 9.59 Å². The average Bonchev–Trinajstić information content (AvgIpc) is 2.91. The highest BCUT2D eigenvalue weighted by molar-refractivity contribution is 6.05. The molecular weight excluding hydrogens is 312 g/mol. The van der Waals surface area contributed by atoms with Gasteiger partial charge in [0.25, 0.3) is 0 Å². The molecule has 0 atom stereocenters. The first-order valence-electron chi connectivity index (χ1n) is 7.49. The summed E-state index contributed by atoms with van der Waals surface area (Å²) in [5, 5.41) is 22.4. The lowest BCUT2D eigenvalue weighted by Crippen LogP contribution is -2.13. The van der Waals surface area contributed by atoms with E-state index in [1.165, 1.54) is 12.1 Å². The van der Waals surface area contributed by atoms with Gasteiger partial charge >= 0.3 is 11.9 Å². The van der Waals surface area contributed by atoms with Crippen LogP contribution in [-0.2, 0) is 6.42 Å². The van der Waals surface area contributed by atoms with Crippen LogP contribution in [0.15, 0.2) is 33.8 Å². The quantitative estimate of drug-likeness (QED) is 0.743. The summed E-state index contributed by atoms with van der Waals surface area (Å²) in [6, 6.07) is 6.23. The van der Waals surface area contributed by atoms with E-state index in [1.807, 2.05) is 0 Å². The minimum atomic E-state index is -1.08. The molecule has 1 aliphatic rings. The molecule has 3 N–H and O–H groups in total. The second-order valence-electron chi connectivity index (χ2n) is 5.57. The molecule has 1 aromatic heterocycles. The topological polar surface area (TPSA) is 112 Å². The molecule has 124 valence electrons. The Bertz CT molecular complexity index is 833. The van der Waals surface area contributed by atoms with Gasteiger partial charge in [0.1, 0.15) is 5.76 Å². The van der Waals surface area contributed by atoms with Crippen molar-refractivity contribution in [1.29, 1.82) is 0 Å². The fourth-order valence-corrected chi connectivity index (χ4v) is 2.80. The summed E-state index contributed by atoms with van der Waals surface area (Å²) in [5.74, 6) is -1.46. The van der Waals surface area contributed by atoms with Crippen molar-refractivity contribution in [3.63, 3.8) is 0 Å². The summed E-state index contributed by atoms with van der Waals surface area (Å²) in [5.41, 5.74) is 5.83. The van der Waals surface area contributed by atoms with Crippen LogP contribution in [0.1, 0.15) is 50.6 Å². The van der Waals surface area contributed by atoms with E-state index >= 15 is 0 Å². The van der Waals surface area contributed by atoms with Crippen molar-refractivity contribution >= 4 is 23.3 Å². The molecule has 3 rings (SSSR count). The Hall–Kier alpha value is -3.09. The van der Waals surface area contributed by atoms with Gasteiger partial charge in [-0.1, -0.05) is 0 Å². The molecule has 0 saturated heterocycles. The van der Waals surface area contributed by atoms with Gasteiger partial charge in [0, 0.05) is 17.5 Å². The maximum Gasteiger partial charge on any atom is 0.372 e. The third-order valence-electron chi connectivity index (χ3n) is 3.97. The van der Waals surface area contributed by atoms with Gasteiger partial charge in [0.15, 0.2) is 0 Å². The number of hydrogen-bond donors (Lipinski definition) is 3. The molecule has 1 aromatic carbocycles. The molecule has 0 unspecified atom stereocenters. The average molecular weight is 328 g/mol. The summed E-state index contributed by atoms with van der Waals surface area (Å²) in [6.45, 7) is 1.72. The number of carboxylic acid groups (broad SMARTS) is 2. The number of nitrogens with one attached hydrogen (secondary N) is 1. The summed E-state index contributed by atoms with van der Waals surface area (Å²) in [6.07, 6.45) is 2.24. The number of hydrazone groups is 1. The summed E-state index contributed by atoms with van der Waals surface area (Å²) < 4.78 is 5.45. The van der Waals surface area contributed by atoms with E-state index in [9.17, 15) is 14.7 Å². The Balaban J connectivity index is 1.87. The fourth-order valence-electron chi connectivity index (χ4n) is 2.80. The molecule has 0 saturated carbocycles. The van der Waals surface area contributed by atoms with E-state index in [4.69, 9.17) is 9.52 Å². The molecule has 0 radical (unpaired) electrons. The largest absolute Gasteiger partial charge is 0.478 e.